The predicted octanol–water partition coefficient (Wildman–Crippen LogP) is 6.40. The lowest BCUT2D eigenvalue weighted by Gasteiger charge is -2.66. The normalized spacial score (nSPS) is 43.0. The molecule has 1 saturated heterocycles. The summed E-state index contributed by atoms with van der Waals surface area (Å²) in [6, 6.07) is 0. The zero-order chi connectivity index (χ0) is 27.3. The number of carbonyl (C=O) groups excluding carboxylic acids is 3. The summed E-state index contributed by atoms with van der Waals surface area (Å²) in [5, 5.41) is 0. The Bertz CT molecular complexity index is 1110. The van der Waals surface area contributed by atoms with Crippen molar-refractivity contribution in [2.75, 3.05) is 0 Å². The van der Waals surface area contributed by atoms with Crippen molar-refractivity contribution in [3.8, 4) is 0 Å². The number of Topliss-reactive ketones (excluding diaryl/α,β-unsaturated/α-hetero) is 2. The number of esters is 1. The minimum atomic E-state index is -0.359. The van der Waals surface area contributed by atoms with Crippen LogP contribution in [-0.2, 0) is 23.9 Å². The number of carbonyl (C=O) groups is 3. The highest BCUT2D eigenvalue weighted by Gasteiger charge is 2.67. The maximum atomic E-state index is 13.8. The minimum absolute atomic E-state index is 0.0309. The molecule has 8 atom stereocenters. The summed E-state index contributed by atoms with van der Waals surface area (Å²) in [6.07, 6.45) is 8.91. The highest BCUT2D eigenvalue weighted by Crippen LogP contribution is 2.72. The second-order valence-electron chi connectivity index (χ2n) is 14.7. The van der Waals surface area contributed by atoms with Gasteiger partial charge in [0.15, 0.2) is 5.78 Å². The van der Waals surface area contributed by atoms with Crippen LogP contribution in [0.2, 0.25) is 0 Å². The number of hydrogen-bond donors (Lipinski definition) is 0. The summed E-state index contributed by atoms with van der Waals surface area (Å²) in [5.74, 6) is 0.993. The highest BCUT2D eigenvalue weighted by molar-refractivity contribution is 6.01. The molecule has 4 aliphatic carbocycles. The average molecular weight is 511 g/mol. The molecule has 0 aromatic heterocycles. The maximum absolute atomic E-state index is 13.8. The van der Waals surface area contributed by atoms with Gasteiger partial charge in [0.25, 0.3) is 0 Å². The molecule has 5 nitrogen and oxygen atoms in total. The summed E-state index contributed by atoms with van der Waals surface area (Å²) in [5.41, 5.74) is 1.26. The van der Waals surface area contributed by atoms with Crippen LogP contribution in [0.1, 0.15) is 101 Å². The molecule has 204 valence electrons. The number of fused-ring (bicyclic) bond motifs is 5. The Labute approximate surface area is 222 Å². The van der Waals surface area contributed by atoms with Crippen molar-refractivity contribution < 1.29 is 23.9 Å². The molecule has 2 saturated carbocycles. The number of allylic oxidation sites excluding steroid dienone is 4. The lowest BCUT2D eigenvalue weighted by atomic mass is 9.37. The Balaban J connectivity index is 1.51. The molecule has 37 heavy (non-hydrogen) atoms. The summed E-state index contributed by atoms with van der Waals surface area (Å²) in [7, 11) is 0. The Morgan fingerprint density at radius 3 is 2.35 bits per heavy atom. The van der Waals surface area contributed by atoms with Crippen LogP contribution in [0.4, 0.5) is 0 Å². The minimum Gasteiger partial charge on any atom is -0.460 e. The van der Waals surface area contributed by atoms with Gasteiger partial charge in [0.05, 0.1) is 5.60 Å². The summed E-state index contributed by atoms with van der Waals surface area (Å²) in [6.45, 7) is 19.0. The molecule has 1 aliphatic heterocycles. The second-order valence-corrected chi connectivity index (χ2v) is 14.7. The van der Waals surface area contributed by atoms with E-state index in [0.717, 1.165) is 24.8 Å². The standard InChI is InChI=1S/C32H46O5/c1-18(16-22(36-19(2)33)27-29(5,6)37-27)26-20-10-11-24-30(7)14-13-25(35)28(3,4)23(30)12-15-31(24,8)32(20,9)17-21(26)34/h10-11,18,22-24,27H,12-17H2,1-9H3/t18-,22+,23+,24+,27-,30+,31+,32+/m1/s1. The van der Waals surface area contributed by atoms with Crippen molar-refractivity contribution in [3.05, 3.63) is 23.3 Å². The van der Waals surface area contributed by atoms with Crippen LogP contribution < -0.4 is 0 Å². The van der Waals surface area contributed by atoms with Crippen LogP contribution in [-0.4, -0.2) is 35.3 Å². The fraction of sp³-hybridized carbons (Fsp3) is 0.781. The Morgan fingerprint density at radius 2 is 1.76 bits per heavy atom. The van der Waals surface area contributed by atoms with E-state index in [1.165, 1.54) is 12.5 Å². The molecule has 0 amide bonds. The van der Waals surface area contributed by atoms with Gasteiger partial charge in [-0.1, -0.05) is 53.7 Å². The van der Waals surface area contributed by atoms with Crippen LogP contribution in [0.3, 0.4) is 0 Å². The molecule has 0 spiro atoms. The Kier molecular flexibility index (Phi) is 5.90. The summed E-state index contributed by atoms with van der Waals surface area (Å²) < 4.78 is 11.5. The molecule has 5 aliphatic rings. The van der Waals surface area contributed by atoms with Crippen molar-refractivity contribution in [2.45, 2.75) is 119 Å². The number of ketones is 2. The van der Waals surface area contributed by atoms with Crippen molar-refractivity contribution in [1.29, 1.82) is 0 Å². The second kappa shape index (κ2) is 8.13. The van der Waals surface area contributed by atoms with Gasteiger partial charge in [-0.05, 0) is 73.7 Å². The lowest BCUT2D eigenvalue weighted by Crippen LogP contribution is -2.61. The van der Waals surface area contributed by atoms with Crippen LogP contribution in [0.15, 0.2) is 23.3 Å². The van der Waals surface area contributed by atoms with Crippen LogP contribution in [0, 0.1) is 39.4 Å². The van der Waals surface area contributed by atoms with E-state index in [2.05, 4.69) is 53.7 Å². The molecule has 0 bridgehead atoms. The smallest absolute Gasteiger partial charge is 0.302 e. The largest absolute Gasteiger partial charge is 0.460 e. The molecule has 0 aromatic carbocycles. The van der Waals surface area contributed by atoms with Gasteiger partial charge in [-0.25, -0.2) is 0 Å². The van der Waals surface area contributed by atoms with Gasteiger partial charge in [-0.2, -0.15) is 0 Å². The molecule has 1 heterocycles. The molecular formula is C32H46O5. The van der Waals surface area contributed by atoms with Crippen molar-refractivity contribution in [3.63, 3.8) is 0 Å². The lowest BCUT2D eigenvalue weighted by molar-refractivity contribution is -0.165. The fourth-order valence-corrected chi connectivity index (χ4v) is 9.54. The molecule has 5 heteroatoms. The molecule has 3 fully saturated rings. The first-order chi connectivity index (χ1) is 17.0. The fourth-order valence-electron chi connectivity index (χ4n) is 9.54. The van der Waals surface area contributed by atoms with E-state index in [9.17, 15) is 14.4 Å². The van der Waals surface area contributed by atoms with E-state index >= 15 is 0 Å². The highest BCUT2D eigenvalue weighted by atomic mass is 16.6. The topological polar surface area (TPSA) is 73.0 Å². The van der Waals surface area contributed by atoms with Gasteiger partial charge in [-0.15, -0.1) is 0 Å². The maximum Gasteiger partial charge on any atom is 0.302 e. The third-order valence-electron chi connectivity index (χ3n) is 11.8. The van der Waals surface area contributed by atoms with Gasteiger partial charge >= 0.3 is 5.97 Å². The molecule has 0 radical (unpaired) electrons. The van der Waals surface area contributed by atoms with Gasteiger partial charge < -0.3 is 9.47 Å². The molecular weight excluding hydrogens is 464 g/mol. The third-order valence-corrected chi connectivity index (χ3v) is 11.8. The van der Waals surface area contributed by atoms with Gasteiger partial charge in [0.1, 0.15) is 18.0 Å². The average Bonchev–Trinajstić information content (AvgIpc) is 3.31. The zero-order valence-corrected chi connectivity index (χ0v) is 24.3. The molecule has 0 aromatic rings. The number of epoxide rings is 1. The summed E-state index contributed by atoms with van der Waals surface area (Å²) >= 11 is 0. The first kappa shape index (κ1) is 26.8. The first-order valence-corrected chi connectivity index (χ1v) is 14.3. The molecule has 5 rings (SSSR count). The van der Waals surface area contributed by atoms with Crippen LogP contribution >= 0.6 is 0 Å². The molecule has 0 unspecified atom stereocenters. The van der Waals surface area contributed by atoms with Gasteiger partial charge in [0, 0.05) is 36.2 Å². The van der Waals surface area contributed by atoms with E-state index in [0.29, 0.717) is 36.9 Å². The van der Waals surface area contributed by atoms with Crippen LogP contribution in [0.25, 0.3) is 0 Å². The van der Waals surface area contributed by atoms with Gasteiger partial charge in [0.2, 0.25) is 0 Å². The van der Waals surface area contributed by atoms with E-state index in [-0.39, 0.29) is 57.1 Å². The van der Waals surface area contributed by atoms with Crippen molar-refractivity contribution in [1.82, 2.24) is 0 Å². The van der Waals surface area contributed by atoms with Crippen molar-refractivity contribution >= 4 is 17.5 Å². The number of ether oxygens (including phenoxy) is 2. The van der Waals surface area contributed by atoms with E-state index in [4.69, 9.17) is 9.47 Å². The molecule has 0 N–H and O–H groups in total. The Hall–Kier alpha value is -1.75. The van der Waals surface area contributed by atoms with E-state index in [1.807, 2.05) is 13.8 Å². The Morgan fingerprint density at radius 1 is 1.11 bits per heavy atom. The zero-order valence-electron chi connectivity index (χ0n) is 24.3. The predicted molar refractivity (Wildman–Crippen MR) is 143 cm³/mol. The number of hydrogen-bond acceptors (Lipinski definition) is 5. The quantitative estimate of drug-likeness (QED) is 0.316. The monoisotopic (exact) mass is 510 g/mol. The SMILES string of the molecule is CC(=O)O[C@@H](C[C@@H](C)C1=C2C=C[C@H]3[C@@]4(C)CCC(=O)C(C)(C)[C@@H]4CC[C@]3(C)[C@@]2(C)CC1=O)[C@H]1OC1(C)C. The van der Waals surface area contributed by atoms with Gasteiger partial charge in [-0.3, -0.25) is 14.4 Å². The van der Waals surface area contributed by atoms with E-state index in [1.54, 1.807) is 0 Å². The van der Waals surface area contributed by atoms with Crippen LogP contribution in [0.5, 0.6) is 0 Å². The first-order valence-electron chi connectivity index (χ1n) is 14.3. The number of rotatable bonds is 5. The van der Waals surface area contributed by atoms with Crippen molar-refractivity contribution in [2.24, 2.45) is 39.4 Å². The third kappa shape index (κ3) is 3.69. The van der Waals surface area contributed by atoms with E-state index < -0.39 is 0 Å². The summed E-state index contributed by atoms with van der Waals surface area (Å²) in [4.78, 5) is 38.5.